The molecule has 4 nitrogen and oxygen atoms in total. The SMILES string of the molecule is O=C(Cc1ccccn1)N1CCC[C@H](c2cccc(Cc3ccccc3F)n2)C1. The number of amides is 1. The number of halogens is 1. The Morgan fingerprint density at radius 1 is 1.03 bits per heavy atom. The third-order valence-corrected chi connectivity index (χ3v) is 5.41. The summed E-state index contributed by atoms with van der Waals surface area (Å²) in [5, 5.41) is 0. The van der Waals surface area contributed by atoms with Crippen LogP contribution in [0.3, 0.4) is 0 Å². The van der Waals surface area contributed by atoms with E-state index in [1.54, 1.807) is 18.3 Å². The third kappa shape index (κ3) is 4.86. The van der Waals surface area contributed by atoms with Crippen molar-refractivity contribution in [2.75, 3.05) is 13.1 Å². The molecule has 4 rings (SSSR count). The predicted octanol–water partition coefficient (Wildman–Crippen LogP) is 4.16. The van der Waals surface area contributed by atoms with E-state index in [2.05, 4.69) is 4.98 Å². The lowest BCUT2D eigenvalue weighted by Gasteiger charge is -2.32. The number of nitrogens with zero attached hydrogens (tertiary/aromatic N) is 3. The number of aromatic nitrogens is 2. The molecule has 1 aliphatic rings. The summed E-state index contributed by atoms with van der Waals surface area (Å²) in [6, 6.07) is 18.4. The molecule has 1 saturated heterocycles. The van der Waals surface area contributed by atoms with E-state index in [-0.39, 0.29) is 17.6 Å². The zero-order chi connectivity index (χ0) is 20.1. The van der Waals surface area contributed by atoms with E-state index in [9.17, 15) is 9.18 Å². The van der Waals surface area contributed by atoms with Gasteiger partial charge in [0.25, 0.3) is 0 Å². The molecule has 1 amide bonds. The molecule has 3 aromatic rings. The van der Waals surface area contributed by atoms with Gasteiger partial charge < -0.3 is 4.90 Å². The maximum Gasteiger partial charge on any atom is 0.228 e. The Hall–Kier alpha value is -3.08. The van der Waals surface area contributed by atoms with Crippen LogP contribution in [0.25, 0.3) is 0 Å². The normalized spacial score (nSPS) is 16.6. The number of piperidine rings is 1. The topological polar surface area (TPSA) is 46.1 Å². The summed E-state index contributed by atoms with van der Waals surface area (Å²) in [6.07, 6.45) is 4.47. The van der Waals surface area contributed by atoms with Crippen LogP contribution in [0.1, 0.15) is 41.4 Å². The minimum Gasteiger partial charge on any atom is -0.342 e. The minimum atomic E-state index is -0.205. The first-order valence-corrected chi connectivity index (χ1v) is 10.1. The zero-order valence-electron chi connectivity index (χ0n) is 16.3. The molecule has 0 saturated carbocycles. The maximum absolute atomic E-state index is 14.0. The maximum atomic E-state index is 14.0. The highest BCUT2D eigenvalue weighted by Gasteiger charge is 2.26. The molecule has 29 heavy (non-hydrogen) atoms. The largest absolute Gasteiger partial charge is 0.342 e. The van der Waals surface area contributed by atoms with E-state index in [1.165, 1.54) is 6.07 Å². The van der Waals surface area contributed by atoms with Crippen LogP contribution >= 0.6 is 0 Å². The number of pyridine rings is 2. The number of carbonyl (C=O) groups is 1. The van der Waals surface area contributed by atoms with E-state index >= 15 is 0 Å². The van der Waals surface area contributed by atoms with Gasteiger partial charge in [-0.15, -0.1) is 0 Å². The highest BCUT2D eigenvalue weighted by atomic mass is 19.1. The molecule has 0 N–H and O–H groups in total. The monoisotopic (exact) mass is 389 g/mol. The lowest BCUT2D eigenvalue weighted by Crippen LogP contribution is -2.40. The Morgan fingerprint density at radius 2 is 1.86 bits per heavy atom. The van der Waals surface area contributed by atoms with Crippen molar-refractivity contribution < 1.29 is 9.18 Å². The average molecular weight is 389 g/mol. The second kappa shape index (κ2) is 8.95. The van der Waals surface area contributed by atoms with Crippen LogP contribution in [0.2, 0.25) is 0 Å². The fourth-order valence-corrected chi connectivity index (χ4v) is 3.88. The Kier molecular flexibility index (Phi) is 5.94. The molecule has 0 spiro atoms. The first-order valence-electron chi connectivity index (χ1n) is 10.1. The molecule has 5 heteroatoms. The average Bonchev–Trinajstić information content (AvgIpc) is 2.76. The Balaban J connectivity index is 1.44. The molecule has 148 valence electrons. The molecular weight excluding hydrogens is 365 g/mol. The Bertz CT molecular complexity index is 977. The van der Waals surface area contributed by atoms with Crippen LogP contribution in [0.5, 0.6) is 0 Å². The van der Waals surface area contributed by atoms with Crippen LogP contribution < -0.4 is 0 Å². The molecule has 0 aliphatic carbocycles. The zero-order valence-corrected chi connectivity index (χ0v) is 16.3. The van der Waals surface area contributed by atoms with E-state index < -0.39 is 0 Å². The van der Waals surface area contributed by atoms with Gasteiger partial charge in [0.05, 0.1) is 6.42 Å². The lowest BCUT2D eigenvalue weighted by molar-refractivity contribution is -0.131. The number of rotatable bonds is 5. The van der Waals surface area contributed by atoms with Gasteiger partial charge in [0.15, 0.2) is 0 Å². The van der Waals surface area contributed by atoms with Crippen molar-refractivity contribution in [2.45, 2.75) is 31.6 Å². The molecule has 1 fully saturated rings. The summed E-state index contributed by atoms with van der Waals surface area (Å²) in [6.45, 7) is 1.44. The predicted molar refractivity (Wildman–Crippen MR) is 110 cm³/mol. The number of hydrogen-bond donors (Lipinski definition) is 0. The smallest absolute Gasteiger partial charge is 0.228 e. The Labute approximate surface area is 170 Å². The van der Waals surface area contributed by atoms with Crippen LogP contribution in [0.4, 0.5) is 4.39 Å². The van der Waals surface area contributed by atoms with Gasteiger partial charge in [-0.3, -0.25) is 14.8 Å². The van der Waals surface area contributed by atoms with Crippen molar-refractivity contribution in [1.29, 1.82) is 0 Å². The van der Waals surface area contributed by atoms with Crippen molar-refractivity contribution in [3.8, 4) is 0 Å². The molecule has 1 atom stereocenters. The number of carbonyl (C=O) groups excluding carboxylic acids is 1. The molecule has 1 aromatic carbocycles. The highest BCUT2D eigenvalue weighted by Crippen LogP contribution is 2.26. The van der Waals surface area contributed by atoms with Crippen molar-refractivity contribution in [2.24, 2.45) is 0 Å². The number of benzene rings is 1. The van der Waals surface area contributed by atoms with Crippen LogP contribution in [0.15, 0.2) is 66.9 Å². The van der Waals surface area contributed by atoms with E-state index in [1.807, 2.05) is 47.4 Å². The van der Waals surface area contributed by atoms with Crippen LogP contribution in [-0.2, 0) is 17.6 Å². The van der Waals surface area contributed by atoms with Crippen LogP contribution in [0, 0.1) is 5.82 Å². The van der Waals surface area contributed by atoms with Gasteiger partial charge in [0, 0.05) is 48.7 Å². The summed E-state index contributed by atoms with van der Waals surface area (Å²) in [4.78, 5) is 23.7. The summed E-state index contributed by atoms with van der Waals surface area (Å²) in [7, 11) is 0. The first kappa shape index (κ1) is 19.2. The van der Waals surface area contributed by atoms with Crippen molar-refractivity contribution in [3.63, 3.8) is 0 Å². The number of likely N-dealkylation sites (tertiary alicyclic amines) is 1. The Morgan fingerprint density at radius 3 is 2.69 bits per heavy atom. The van der Waals surface area contributed by atoms with Gasteiger partial charge in [-0.05, 0) is 48.7 Å². The molecule has 3 heterocycles. The van der Waals surface area contributed by atoms with Gasteiger partial charge in [-0.2, -0.15) is 0 Å². The summed E-state index contributed by atoms with van der Waals surface area (Å²) in [5.74, 6) is 0.108. The fourth-order valence-electron chi connectivity index (χ4n) is 3.88. The van der Waals surface area contributed by atoms with Crippen LogP contribution in [-0.4, -0.2) is 33.9 Å². The van der Waals surface area contributed by atoms with Gasteiger partial charge in [-0.1, -0.05) is 30.3 Å². The third-order valence-electron chi connectivity index (χ3n) is 5.41. The quantitative estimate of drug-likeness (QED) is 0.658. The van der Waals surface area contributed by atoms with Gasteiger partial charge >= 0.3 is 0 Å². The van der Waals surface area contributed by atoms with Gasteiger partial charge in [0.1, 0.15) is 5.82 Å². The molecule has 0 unspecified atom stereocenters. The van der Waals surface area contributed by atoms with Crippen molar-refractivity contribution >= 4 is 5.91 Å². The summed E-state index contributed by atoms with van der Waals surface area (Å²) in [5.41, 5.74) is 3.27. The molecule has 0 radical (unpaired) electrons. The number of hydrogen-bond acceptors (Lipinski definition) is 3. The van der Waals surface area contributed by atoms with E-state index in [0.717, 1.165) is 36.5 Å². The van der Waals surface area contributed by atoms with Crippen molar-refractivity contribution in [1.82, 2.24) is 14.9 Å². The lowest BCUT2D eigenvalue weighted by atomic mass is 9.93. The molecule has 2 aromatic heterocycles. The summed E-state index contributed by atoms with van der Waals surface area (Å²) < 4.78 is 14.0. The summed E-state index contributed by atoms with van der Waals surface area (Å²) >= 11 is 0. The second-order valence-corrected chi connectivity index (χ2v) is 7.50. The van der Waals surface area contributed by atoms with E-state index in [4.69, 9.17) is 4.98 Å². The highest BCUT2D eigenvalue weighted by molar-refractivity contribution is 5.78. The fraction of sp³-hybridized carbons (Fsp3) is 0.292. The molecule has 0 bridgehead atoms. The first-order chi connectivity index (χ1) is 14.2. The molecule has 1 aliphatic heterocycles. The van der Waals surface area contributed by atoms with Crippen molar-refractivity contribution in [3.05, 3.63) is 95.3 Å². The van der Waals surface area contributed by atoms with E-state index in [0.29, 0.717) is 24.9 Å². The second-order valence-electron chi connectivity index (χ2n) is 7.50. The standard InChI is InChI=1S/C24H24FN3O/c25-22-11-2-1-7-18(22)15-21-10-5-12-23(27-21)19-8-6-14-28(17-19)24(29)16-20-9-3-4-13-26-20/h1-5,7,9-13,19H,6,8,14-17H2/t19-/m0/s1. The minimum absolute atomic E-state index is 0.107. The van der Waals surface area contributed by atoms with Gasteiger partial charge in [-0.25, -0.2) is 4.39 Å². The molecular formula is C24H24FN3O. The van der Waals surface area contributed by atoms with Gasteiger partial charge in [0.2, 0.25) is 5.91 Å².